The monoisotopic (exact) mass is 374 g/mol. The van der Waals surface area contributed by atoms with Crippen LogP contribution in [0.5, 0.6) is 0 Å². The van der Waals surface area contributed by atoms with Gasteiger partial charge in [0, 0.05) is 6.42 Å². The van der Waals surface area contributed by atoms with Crippen molar-refractivity contribution in [1.29, 1.82) is 0 Å². The van der Waals surface area contributed by atoms with Gasteiger partial charge in [0.05, 0.1) is 0 Å². The average Bonchev–Trinajstić information content (AvgIpc) is 2.38. The van der Waals surface area contributed by atoms with Crippen molar-refractivity contribution >= 4 is 8.07 Å². The fourth-order valence-electron chi connectivity index (χ4n) is 2.87. The summed E-state index contributed by atoms with van der Waals surface area (Å²) >= 11 is 0. The maximum Gasteiger partial charge on any atom is 0.418 e. The molecule has 6 heteroatoms. The molecular weight excluding hydrogens is 348 g/mol. The van der Waals surface area contributed by atoms with E-state index in [1.807, 2.05) is 19.6 Å². The summed E-state index contributed by atoms with van der Waals surface area (Å²) in [6, 6.07) is 4.04. The Morgan fingerprint density at radius 1 is 1.12 bits per heavy atom. The molecule has 0 aliphatic carbocycles. The Bertz CT molecular complexity index is 677. The first-order valence-electron chi connectivity index (χ1n) is 8.13. The Balaban J connectivity index is 3.24. The number of aliphatic hydroxyl groups is 1. The van der Waals surface area contributed by atoms with Crippen LogP contribution in [-0.4, -0.2) is 25.0 Å². The third-order valence-electron chi connectivity index (χ3n) is 4.04. The van der Waals surface area contributed by atoms with Crippen LogP contribution >= 0.6 is 0 Å². The first-order chi connectivity index (χ1) is 11.1. The number of halogens is 4. The molecule has 0 bridgehead atoms. The maximum absolute atomic E-state index is 13.6. The van der Waals surface area contributed by atoms with Gasteiger partial charge < -0.3 is 5.11 Å². The zero-order chi connectivity index (χ0) is 19.7. The van der Waals surface area contributed by atoms with E-state index < -0.39 is 43.9 Å². The van der Waals surface area contributed by atoms with Crippen LogP contribution in [0.15, 0.2) is 18.2 Å². The SMILES string of the molecule is Cc1ccc(F)cc1C(C)(C)CC(O)(CC#C[Si](C)(C)C)C(F)(F)F. The van der Waals surface area contributed by atoms with Crippen molar-refractivity contribution in [1.82, 2.24) is 0 Å². The molecule has 1 N–H and O–H groups in total. The lowest BCUT2D eigenvalue weighted by molar-refractivity contribution is -0.264. The summed E-state index contributed by atoms with van der Waals surface area (Å²) in [7, 11) is -1.84. The van der Waals surface area contributed by atoms with Crippen LogP contribution in [0.3, 0.4) is 0 Å². The molecule has 1 atom stereocenters. The molecule has 0 amide bonds. The van der Waals surface area contributed by atoms with Gasteiger partial charge in [0.15, 0.2) is 5.60 Å². The molecule has 1 aromatic carbocycles. The molecule has 0 heterocycles. The maximum atomic E-state index is 13.6. The summed E-state index contributed by atoms with van der Waals surface area (Å²) in [5.74, 6) is 2.03. The summed E-state index contributed by atoms with van der Waals surface area (Å²) in [5.41, 5.74) is -0.0136. The summed E-state index contributed by atoms with van der Waals surface area (Å²) < 4.78 is 54.3. The molecule has 0 aliphatic heterocycles. The van der Waals surface area contributed by atoms with Gasteiger partial charge in [-0.25, -0.2) is 4.39 Å². The minimum absolute atomic E-state index is 0.452. The number of hydrogen-bond acceptors (Lipinski definition) is 1. The first kappa shape index (κ1) is 21.7. The van der Waals surface area contributed by atoms with Crippen LogP contribution in [0.4, 0.5) is 17.6 Å². The smallest absolute Gasteiger partial charge is 0.380 e. The van der Waals surface area contributed by atoms with E-state index in [2.05, 4.69) is 11.5 Å². The second-order valence-electron chi connectivity index (χ2n) is 8.28. The standard InChI is InChI=1S/C19H26F4OSi/c1-14-8-9-15(20)12-16(14)17(2,3)13-18(24,19(21,22)23)10-7-11-25(4,5)6/h8-9,12,24H,10,13H2,1-6H3. The topological polar surface area (TPSA) is 20.2 Å². The number of alkyl halides is 3. The van der Waals surface area contributed by atoms with Crippen LogP contribution in [0.2, 0.25) is 19.6 Å². The van der Waals surface area contributed by atoms with Crippen LogP contribution in [-0.2, 0) is 5.41 Å². The number of hydrogen-bond donors (Lipinski definition) is 1. The summed E-state index contributed by atoms with van der Waals surface area (Å²) in [6.07, 6.45) is -6.09. The van der Waals surface area contributed by atoms with Gasteiger partial charge in [-0.3, -0.25) is 0 Å². The molecule has 0 saturated carbocycles. The van der Waals surface area contributed by atoms with Gasteiger partial charge in [-0.1, -0.05) is 39.6 Å². The number of benzene rings is 1. The Labute approximate surface area is 148 Å². The minimum Gasteiger partial charge on any atom is -0.380 e. The largest absolute Gasteiger partial charge is 0.418 e. The molecular formula is C19H26F4OSi. The summed E-state index contributed by atoms with van der Waals surface area (Å²) in [4.78, 5) is 0. The molecule has 0 saturated heterocycles. The van der Waals surface area contributed by atoms with Crippen molar-refractivity contribution in [3.05, 3.63) is 35.1 Å². The number of aryl methyl sites for hydroxylation is 1. The first-order valence-corrected chi connectivity index (χ1v) is 11.6. The van der Waals surface area contributed by atoms with E-state index in [0.29, 0.717) is 11.1 Å². The van der Waals surface area contributed by atoms with Crippen molar-refractivity contribution in [3.63, 3.8) is 0 Å². The second kappa shape index (κ2) is 7.12. The lowest BCUT2D eigenvalue weighted by Gasteiger charge is -2.37. The van der Waals surface area contributed by atoms with Gasteiger partial charge in [-0.15, -0.1) is 11.5 Å². The Morgan fingerprint density at radius 2 is 1.68 bits per heavy atom. The normalized spacial score (nSPS) is 15.3. The van der Waals surface area contributed by atoms with Gasteiger partial charge in [-0.05, 0) is 42.0 Å². The molecule has 1 aromatic rings. The highest BCUT2D eigenvalue weighted by Crippen LogP contribution is 2.43. The van der Waals surface area contributed by atoms with E-state index in [1.54, 1.807) is 20.8 Å². The quantitative estimate of drug-likeness (QED) is 0.427. The van der Waals surface area contributed by atoms with Gasteiger partial charge >= 0.3 is 6.18 Å². The molecule has 0 spiro atoms. The van der Waals surface area contributed by atoms with Gasteiger partial charge in [-0.2, -0.15) is 13.2 Å². The summed E-state index contributed by atoms with van der Waals surface area (Å²) in [5, 5.41) is 10.4. The summed E-state index contributed by atoms with van der Waals surface area (Å²) in [6.45, 7) is 10.6. The zero-order valence-electron chi connectivity index (χ0n) is 15.6. The molecule has 0 aliphatic rings. The highest BCUT2D eigenvalue weighted by atomic mass is 28.3. The fraction of sp³-hybridized carbons (Fsp3) is 0.579. The minimum atomic E-state index is -4.82. The van der Waals surface area contributed by atoms with Crippen molar-refractivity contribution in [2.75, 3.05) is 0 Å². The highest BCUT2D eigenvalue weighted by molar-refractivity contribution is 6.83. The molecule has 0 radical (unpaired) electrons. The lowest BCUT2D eigenvalue weighted by atomic mass is 9.72. The van der Waals surface area contributed by atoms with E-state index in [9.17, 15) is 22.7 Å². The van der Waals surface area contributed by atoms with Crippen LogP contribution in [0, 0.1) is 24.2 Å². The molecule has 0 aromatic heterocycles. The molecule has 25 heavy (non-hydrogen) atoms. The Morgan fingerprint density at radius 3 is 2.16 bits per heavy atom. The highest BCUT2D eigenvalue weighted by Gasteiger charge is 2.55. The van der Waals surface area contributed by atoms with E-state index >= 15 is 0 Å². The lowest BCUT2D eigenvalue weighted by Crippen LogP contribution is -2.49. The van der Waals surface area contributed by atoms with Crippen molar-refractivity contribution in [3.8, 4) is 11.5 Å². The molecule has 1 rings (SSSR count). The van der Waals surface area contributed by atoms with Crippen LogP contribution in [0.25, 0.3) is 0 Å². The van der Waals surface area contributed by atoms with E-state index in [1.165, 1.54) is 18.2 Å². The van der Waals surface area contributed by atoms with Crippen LogP contribution in [0.1, 0.15) is 37.8 Å². The van der Waals surface area contributed by atoms with E-state index in [4.69, 9.17) is 0 Å². The fourth-order valence-corrected chi connectivity index (χ4v) is 3.49. The van der Waals surface area contributed by atoms with Crippen LogP contribution < -0.4 is 0 Å². The average molecular weight is 374 g/mol. The number of rotatable bonds is 4. The van der Waals surface area contributed by atoms with Gasteiger partial charge in [0.1, 0.15) is 13.9 Å². The predicted molar refractivity (Wildman–Crippen MR) is 95.5 cm³/mol. The third-order valence-corrected chi connectivity index (χ3v) is 4.96. The van der Waals surface area contributed by atoms with Gasteiger partial charge in [0.25, 0.3) is 0 Å². The Hall–Kier alpha value is -1.32. The van der Waals surface area contributed by atoms with Crippen molar-refractivity contribution in [2.45, 2.75) is 70.4 Å². The second-order valence-corrected chi connectivity index (χ2v) is 13.0. The van der Waals surface area contributed by atoms with Gasteiger partial charge in [0.2, 0.25) is 0 Å². The van der Waals surface area contributed by atoms with E-state index in [0.717, 1.165) is 0 Å². The van der Waals surface area contributed by atoms with Crippen molar-refractivity contribution in [2.24, 2.45) is 0 Å². The Kier molecular flexibility index (Phi) is 6.19. The predicted octanol–water partition coefficient (Wildman–Crippen LogP) is 5.37. The molecule has 0 fully saturated rings. The third kappa shape index (κ3) is 5.86. The zero-order valence-corrected chi connectivity index (χ0v) is 16.6. The molecule has 1 nitrogen and oxygen atoms in total. The van der Waals surface area contributed by atoms with E-state index in [-0.39, 0.29) is 0 Å². The molecule has 1 unspecified atom stereocenters. The van der Waals surface area contributed by atoms with Crippen molar-refractivity contribution < 1.29 is 22.7 Å². The molecule has 140 valence electrons.